The largest absolute Gasteiger partial charge is 0.497 e. The van der Waals surface area contributed by atoms with Crippen molar-refractivity contribution in [3.05, 3.63) is 65.6 Å². The van der Waals surface area contributed by atoms with Crippen LogP contribution in [0.15, 0.2) is 48.5 Å². The Labute approximate surface area is 186 Å². The molecule has 6 nitrogen and oxygen atoms in total. The van der Waals surface area contributed by atoms with Gasteiger partial charge in [0.25, 0.3) is 5.91 Å². The summed E-state index contributed by atoms with van der Waals surface area (Å²) in [5.74, 6) is 0.0229. The van der Waals surface area contributed by atoms with Crippen molar-refractivity contribution >= 4 is 5.91 Å². The lowest BCUT2D eigenvalue weighted by Gasteiger charge is -2.30. The average molecular weight is 432 g/mol. The normalized spacial score (nSPS) is 16.0. The minimum Gasteiger partial charge on any atom is -0.497 e. The van der Waals surface area contributed by atoms with Crippen LogP contribution in [0.25, 0.3) is 22.4 Å². The fourth-order valence-electron chi connectivity index (χ4n) is 4.26. The Kier molecular flexibility index (Phi) is 5.97. The van der Waals surface area contributed by atoms with Gasteiger partial charge in [0.1, 0.15) is 23.3 Å². The summed E-state index contributed by atoms with van der Waals surface area (Å²) in [5.41, 5.74) is 9.52. The third-order valence-corrected chi connectivity index (χ3v) is 5.96. The number of aromatic nitrogens is 1. The van der Waals surface area contributed by atoms with Gasteiger partial charge in [-0.15, -0.1) is 0 Å². The van der Waals surface area contributed by atoms with Gasteiger partial charge in [0, 0.05) is 31.7 Å². The van der Waals surface area contributed by atoms with E-state index in [-0.39, 0.29) is 17.5 Å². The maximum Gasteiger partial charge on any atom is 0.270 e. The highest BCUT2D eigenvalue weighted by molar-refractivity contribution is 5.98. The molecule has 0 saturated carbocycles. The van der Waals surface area contributed by atoms with Crippen LogP contribution in [0.3, 0.4) is 0 Å². The van der Waals surface area contributed by atoms with Gasteiger partial charge in [-0.2, -0.15) is 5.26 Å². The number of likely N-dealkylation sites (tertiary alicyclic amines) is 1. The number of piperidine rings is 1. The van der Waals surface area contributed by atoms with E-state index in [1.165, 1.54) is 12.1 Å². The van der Waals surface area contributed by atoms with Gasteiger partial charge in [0.2, 0.25) is 0 Å². The monoisotopic (exact) mass is 432 g/mol. The third kappa shape index (κ3) is 3.97. The summed E-state index contributed by atoms with van der Waals surface area (Å²) < 4.78 is 21.5. The van der Waals surface area contributed by atoms with E-state index in [9.17, 15) is 9.18 Å². The molecule has 0 radical (unpaired) electrons. The molecule has 4 rings (SSSR count). The van der Waals surface area contributed by atoms with Gasteiger partial charge in [0.15, 0.2) is 0 Å². The van der Waals surface area contributed by atoms with Crippen LogP contribution in [0, 0.1) is 17.1 Å². The molecular formula is C25H25FN4O2. The summed E-state index contributed by atoms with van der Waals surface area (Å²) in [7, 11) is 3.43. The summed E-state index contributed by atoms with van der Waals surface area (Å²) in [6, 6.07) is 15.6. The quantitative estimate of drug-likeness (QED) is 0.677. The average Bonchev–Trinajstić information content (AvgIpc) is 3.15. The predicted molar refractivity (Wildman–Crippen MR) is 121 cm³/mol. The number of ether oxygens (including phenoxy) is 1. The molecule has 1 atom stereocenters. The van der Waals surface area contributed by atoms with Crippen LogP contribution in [0.1, 0.15) is 28.9 Å². The second-order valence-corrected chi connectivity index (χ2v) is 8.04. The zero-order valence-corrected chi connectivity index (χ0v) is 18.1. The van der Waals surface area contributed by atoms with E-state index in [4.69, 9.17) is 15.7 Å². The van der Waals surface area contributed by atoms with Crippen LogP contribution >= 0.6 is 0 Å². The molecule has 32 heavy (non-hydrogen) atoms. The number of carbonyl (C=O) groups is 1. The Balaban J connectivity index is 1.85. The van der Waals surface area contributed by atoms with Gasteiger partial charge in [0.05, 0.1) is 18.4 Å². The lowest BCUT2D eigenvalue weighted by atomic mass is 9.99. The van der Waals surface area contributed by atoms with E-state index >= 15 is 0 Å². The first kappa shape index (κ1) is 21.6. The molecular weight excluding hydrogens is 407 g/mol. The Bertz CT molecular complexity index is 1190. The highest BCUT2D eigenvalue weighted by Gasteiger charge is 2.27. The molecule has 1 saturated heterocycles. The molecule has 1 aromatic heterocycles. The fourth-order valence-corrected chi connectivity index (χ4v) is 4.26. The number of nitriles is 1. The van der Waals surface area contributed by atoms with Crippen molar-refractivity contribution in [3.8, 4) is 34.2 Å². The van der Waals surface area contributed by atoms with Gasteiger partial charge >= 0.3 is 0 Å². The molecule has 1 fully saturated rings. The lowest BCUT2D eigenvalue weighted by molar-refractivity contribution is 0.0699. The van der Waals surface area contributed by atoms with Gasteiger partial charge in [-0.1, -0.05) is 6.07 Å². The SMILES string of the molecule is COc1ccc(-c2c(-c3ccc(C#N)c(F)c3)cc(C(=O)N3CCC[C@@H](N)C3)n2C)cc1. The minimum atomic E-state index is -0.593. The second kappa shape index (κ2) is 8.85. The predicted octanol–water partition coefficient (Wildman–Crippen LogP) is 3.94. The first-order chi connectivity index (χ1) is 15.4. The summed E-state index contributed by atoms with van der Waals surface area (Å²) in [6.07, 6.45) is 1.78. The Morgan fingerprint density at radius 3 is 2.53 bits per heavy atom. The van der Waals surface area contributed by atoms with Crippen molar-refractivity contribution in [2.45, 2.75) is 18.9 Å². The smallest absolute Gasteiger partial charge is 0.270 e. The van der Waals surface area contributed by atoms with Crippen LogP contribution in [0.5, 0.6) is 5.75 Å². The van der Waals surface area contributed by atoms with Crippen LogP contribution in [-0.2, 0) is 7.05 Å². The van der Waals surface area contributed by atoms with Crippen LogP contribution in [0.4, 0.5) is 4.39 Å². The van der Waals surface area contributed by atoms with Crippen molar-refractivity contribution in [3.63, 3.8) is 0 Å². The molecule has 7 heteroatoms. The molecule has 2 heterocycles. The van der Waals surface area contributed by atoms with Crippen LogP contribution in [-0.4, -0.2) is 41.6 Å². The Hall–Kier alpha value is -3.63. The van der Waals surface area contributed by atoms with Gasteiger partial charge in [-0.3, -0.25) is 4.79 Å². The van der Waals surface area contributed by atoms with Gasteiger partial charge < -0.3 is 19.9 Å². The number of nitrogens with zero attached hydrogens (tertiary/aromatic N) is 3. The topological polar surface area (TPSA) is 84.3 Å². The maximum absolute atomic E-state index is 14.4. The number of hydrogen-bond acceptors (Lipinski definition) is 4. The van der Waals surface area contributed by atoms with Crippen molar-refractivity contribution < 1.29 is 13.9 Å². The highest BCUT2D eigenvalue weighted by Crippen LogP contribution is 2.36. The number of hydrogen-bond donors (Lipinski definition) is 1. The zero-order chi connectivity index (χ0) is 22.8. The first-order valence-electron chi connectivity index (χ1n) is 10.5. The number of benzene rings is 2. The molecule has 1 amide bonds. The van der Waals surface area contributed by atoms with Crippen LogP contribution in [0.2, 0.25) is 0 Å². The summed E-state index contributed by atoms with van der Waals surface area (Å²) in [6.45, 7) is 1.18. The lowest BCUT2D eigenvalue weighted by Crippen LogP contribution is -2.46. The Morgan fingerprint density at radius 2 is 1.91 bits per heavy atom. The van der Waals surface area contributed by atoms with E-state index in [1.807, 2.05) is 41.9 Å². The van der Waals surface area contributed by atoms with Crippen LogP contribution < -0.4 is 10.5 Å². The number of halogens is 1. The van der Waals surface area contributed by atoms with E-state index in [0.29, 0.717) is 35.7 Å². The van der Waals surface area contributed by atoms with E-state index in [2.05, 4.69) is 0 Å². The number of nitrogens with two attached hydrogens (primary N) is 1. The van der Waals surface area contributed by atoms with Crippen molar-refractivity contribution in [2.24, 2.45) is 12.8 Å². The summed E-state index contributed by atoms with van der Waals surface area (Å²) in [5, 5.41) is 9.08. The Morgan fingerprint density at radius 1 is 1.19 bits per heavy atom. The standard InChI is InChI=1S/C25H25FN4O2/c1-29-23(25(31)30-11-3-4-19(28)15-30)13-21(17-5-6-18(14-27)22(26)12-17)24(29)16-7-9-20(32-2)10-8-16/h5-10,12-13,19H,3-4,11,15,28H2,1-2H3/t19-/m1/s1. The van der Waals surface area contributed by atoms with E-state index in [0.717, 1.165) is 24.1 Å². The zero-order valence-electron chi connectivity index (χ0n) is 18.1. The molecule has 2 aromatic carbocycles. The third-order valence-electron chi connectivity index (χ3n) is 5.96. The van der Waals surface area contributed by atoms with Crippen molar-refractivity contribution in [1.29, 1.82) is 5.26 Å². The van der Waals surface area contributed by atoms with Crippen molar-refractivity contribution in [2.75, 3.05) is 20.2 Å². The number of rotatable bonds is 4. The number of carbonyl (C=O) groups excluding carboxylic acids is 1. The number of methoxy groups -OCH3 is 1. The maximum atomic E-state index is 14.4. The highest BCUT2D eigenvalue weighted by atomic mass is 19.1. The first-order valence-corrected chi connectivity index (χ1v) is 10.5. The molecule has 1 aliphatic rings. The molecule has 3 aromatic rings. The molecule has 164 valence electrons. The van der Waals surface area contributed by atoms with Gasteiger partial charge in [-0.25, -0.2) is 4.39 Å². The molecule has 2 N–H and O–H groups in total. The molecule has 0 spiro atoms. The molecule has 0 unspecified atom stereocenters. The summed E-state index contributed by atoms with van der Waals surface area (Å²) >= 11 is 0. The number of amides is 1. The van der Waals surface area contributed by atoms with E-state index in [1.54, 1.807) is 24.1 Å². The molecule has 0 bridgehead atoms. The van der Waals surface area contributed by atoms with E-state index < -0.39 is 5.82 Å². The fraction of sp³-hybridized carbons (Fsp3) is 0.280. The minimum absolute atomic E-state index is 0.0192. The second-order valence-electron chi connectivity index (χ2n) is 8.04. The molecule has 0 aliphatic carbocycles. The summed E-state index contributed by atoms with van der Waals surface area (Å²) in [4.78, 5) is 15.2. The van der Waals surface area contributed by atoms with Crippen molar-refractivity contribution in [1.82, 2.24) is 9.47 Å². The molecule has 1 aliphatic heterocycles. The van der Waals surface area contributed by atoms with Gasteiger partial charge in [-0.05, 0) is 66.4 Å².